The van der Waals surface area contributed by atoms with Gasteiger partial charge in [-0.25, -0.2) is 0 Å². The van der Waals surface area contributed by atoms with Crippen molar-refractivity contribution in [1.82, 2.24) is 10.3 Å². The number of nitrogens with zero attached hydrogens (tertiary/aromatic N) is 1. The molecule has 126 valence electrons. The van der Waals surface area contributed by atoms with Crippen LogP contribution in [0.4, 0.5) is 0 Å². The summed E-state index contributed by atoms with van der Waals surface area (Å²) in [6.45, 7) is 0.331. The molecule has 2 aromatic rings. The molecule has 1 saturated carbocycles. The Morgan fingerprint density at radius 2 is 1.96 bits per heavy atom. The van der Waals surface area contributed by atoms with Gasteiger partial charge in [0.05, 0.1) is 30.9 Å². The Morgan fingerprint density at radius 1 is 1.21 bits per heavy atom. The molecular formula is C19H22N2O3. The molecule has 1 aliphatic carbocycles. The lowest BCUT2D eigenvalue weighted by Crippen LogP contribution is -2.42. The summed E-state index contributed by atoms with van der Waals surface area (Å²) in [6, 6.07) is 15.0. The van der Waals surface area contributed by atoms with Gasteiger partial charge in [0.15, 0.2) is 0 Å². The van der Waals surface area contributed by atoms with Crippen molar-refractivity contribution >= 4 is 5.91 Å². The van der Waals surface area contributed by atoms with Crippen LogP contribution < -0.4 is 10.1 Å². The molecule has 0 bridgehead atoms. The van der Waals surface area contributed by atoms with Gasteiger partial charge in [0.2, 0.25) is 5.91 Å². The lowest BCUT2D eigenvalue weighted by Gasteiger charge is -2.37. The number of hydrogen-bond acceptors (Lipinski definition) is 4. The standard InChI is InChI=1S/C19H22N2O3/c22-15-12-14(13-15)19(17-8-4-5-10-20-17)21-18(23)9-11-24-16-6-2-1-3-7-16/h1-8,10,14-15,19,22H,9,11-13H2,(H,21,23)/t14?,15?,19-/m0/s1. The first-order chi connectivity index (χ1) is 11.7. The second-order valence-electron chi connectivity index (χ2n) is 6.10. The Balaban J connectivity index is 1.53. The van der Waals surface area contributed by atoms with Crippen molar-refractivity contribution in [2.45, 2.75) is 31.4 Å². The Labute approximate surface area is 141 Å². The van der Waals surface area contributed by atoms with Gasteiger partial charge in [0.25, 0.3) is 0 Å². The highest BCUT2D eigenvalue weighted by Crippen LogP contribution is 2.37. The highest BCUT2D eigenvalue weighted by Gasteiger charge is 2.36. The van der Waals surface area contributed by atoms with Crippen LogP contribution in [0.2, 0.25) is 0 Å². The van der Waals surface area contributed by atoms with Crippen molar-refractivity contribution in [2.24, 2.45) is 5.92 Å². The van der Waals surface area contributed by atoms with E-state index in [-0.39, 0.29) is 30.4 Å². The molecule has 1 heterocycles. The van der Waals surface area contributed by atoms with Crippen LogP contribution in [0.5, 0.6) is 5.75 Å². The van der Waals surface area contributed by atoms with Crippen LogP contribution in [0.3, 0.4) is 0 Å². The average Bonchev–Trinajstić information content (AvgIpc) is 2.59. The molecular weight excluding hydrogens is 304 g/mol. The number of carbonyl (C=O) groups is 1. The van der Waals surface area contributed by atoms with E-state index in [0.717, 1.165) is 11.4 Å². The molecule has 1 aromatic heterocycles. The molecule has 0 saturated heterocycles. The topological polar surface area (TPSA) is 71.5 Å². The normalized spacial score (nSPS) is 20.7. The molecule has 1 amide bonds. The van der Waals surface area contributed by atoms with E-state index in [0.29, 0.717) is 19.4 Å². The van der Waals surface area contributed by atoms with Crippen molar-refractivity contribution in [3.63, 3.8) is 0 Å². The average molecular weight is 326 g/mol. The van der Waals surface area contributed by atoms with Crippen LogP contribution in [-0.2, 0) is 4.79 Å². The molecule has 5 heteroatoms. The number of ether oxygens (including phenoxy) is 1. The predicted molar refractivity (Wildman–Crippen MR) is 90.4 cm³/mol. The lowest BCUT2D eigenvalue weighted by molar-refractivity contribution is -0.123. The summed E-state index contributed by atoms with van der Waals surface area (Å²) in [5.41, 5.74) is 0.840. The highest BCUT2D eigenvalue weighted by molar-refractivity contribution is 5.76. The van der Waals surface area contributed by atoms with Crippen molar-refractivity contribution in [3.8, 4) is 5.75 Å². The first kappa shape index (κ1) is 16.5. The van der Waals surface area contributed by atoms with Crippen LogP contribution in [-0.4, -0.2) is 28.7 Å². The number of pyridine rings is 1. The van der Waals surface area contributed by atoms with Gasteiger partial charge < -0.3 is 15.2 Å². The minimum absolute atomic E-state index is 0.0667. The van der Waals surface area contributed by atoms with Gasteiger partial charge in [-0.2, -0.15) is 0 Å². The molecule has 2 N–H and O–H groups in total. The third-order valence-electron chi connectivity index (χ3n) is 4.29. The zero-order valence-electron chi connectivity index (χ0n) is 13.5. The molecule has 0 aliphatic heterocycles. The molecule has 0 spiro atoms. The second-order valence-corrected chi connectivity index (χ2v) is 6.10. The number of rotatable bonds is 7. The maximum absolute atomic E-state index is 12.3. The first-order valence-electron chi connectivity index (χ1n) is 8.28. The smallest absolute Gasteiger partial charge is 0.223 e. The van der Waals surface area contributed by atoms with Crippen molar-refractivity contribution in [1.29, 1.82) is 0 Å². The molecule has 0 unspecified atom stereocenters. The third kappa shape index (κ3) is 4.32. The number of hydrogen-bond donors (Lipinski definition) is 2. The summed E-state index contributed by atoms with van der Waals surface area (Å²) in [5, 5.41) is 12.6. The maximum Gasteiger partial charge on any atom is 0.223 e. The summed E-state index contributed by atoms with van der Waals surface area (Å²) >= 11 is 0. The number of aliphatic hydroxyl groups is 1. The quantitative estimate of drug-likeness (QED) is 0.820. The molecule has 1 aromatic carbocycles. The first-order valence-corrected chi connectivity index (χ1v) is 8.28. The summed E-state index contributed by atoms with van der Waals surface area (Å²) in [7, 11) is 0. The van der Waals surface area contributed by atoms with E-state index in [1.807, 2.05) is 48.5 Å². The minimum atomic E-state index is -0.264. The van der Waals surface area contributed by atoms with E-state index >= 15 is 0 Å². The predicted octanol–water partition coefficient (Wildman–Crippen LogP) is 2.48. The van der Waals surface area contributed by atoms with Gasteiger partial charge in [0.1, 0.15) is 5.75 Å². The summed E-state index contributed by atoms with van der Waals surface area (Å²) < 4.78 is 5.57. The van der Waals surface area contributed by atoms with Gasteiger partial charge in [-0.3, -0.25) is 9.78 Å². The van der Waals surface area contributed by atoms with Crippen molar-refractivity contribution in [3.05, 3.63) is 60.4 Å². The Kier molecular flexibility index (Phi) is 5.43. The third-order valence-corrected chi connectivity index (χ3v) is 4.29. The number of amides is 1. The zero-order chi connectivity index (χ0) is 16.8. The SMILES string of the molecule is O=C(CCOc1ccccc1)N[C@H](c1ccccn1)C1CC(O)C1. The largest absolute Gasteiger partial charge is 0.493 e. The Bertz CT molecular complexity index is 642. The van der Waals surface area contributed by atoms with Gasteiger partial charge in [-0.15, -0.1) is 0 Å². The fourth-order valence-corrected chi connectivity index (χ4v) is 2.92. The minimum Gasteiger partial charge on any atom is -0.493 e. The van der Waals surface area contributed by atoms with E-state index in [1.54, 1.807) is 6.20 Å². The fourth-order valence-electron chi connectivity index (χ4n) is 2.92. The van der Waals surface area contributed by atoms with Crippen LogP contribution >= 0.6 is 0 Å². The summed E-state index contributed by atoms with van der Waals surface area (Å²) in [6.07, 6.45) is 3.14. The number of aliphatic hydroxyl groups excluding tert-OH is 1. The zero-order valence-corrected chi connectivity index (χ0v) is 13.5. The van der Waals surface area contributed by atoms with Gasteiger partial charge in [-0.1, -0.05) is 24.3 Å². The van der Waals surface area contributed by atoms with E-state index in [1.165, 1.54) is 0 Å². The number of benzene rings is 1. The van der Waals surface area contributed by atoms with Crippen molar-refractivity contribution in [2.75, 3.05) is 6.61 Å². The maximum atomic E-state index is 12.3. The number of nitrogens with one attached hydrogen (secondary N) is 1. The van der Waals surface area contributed by atoms with Crippen LogP contribution in [0, 0.1) is 5.92 Å². The van der Waals surface area contributed by atoms with E-state index in [9.17, 15) is 9.90 Å². The highest BCUT2D eigenvalue weighted by atomic mass is 16.5. The van der Waals surface area contributed by atoms with Crippen molar-refractivity contribution < 1.29 is 14.6 Å². The molecule has 1 aliphatic rings. The number of aromatic nitrogens is 1. The Morgan fingerprint density at radius 3 is 2.62 bits per heavy atom. The van der Waals surface area contributed by atoms with E-state index in [2.05, 4.69) is 10.3 Å². The Hall–Kier alpha value is -2.40. The van der Waals surface area contributed by atoms with E-state index < -0.39 is 0 Å². The van der Waals surface area contributed by atoms with Crippen LogP contribution in [0.25, 0.3) is 0 Å². The molecule has 0 radical (unpaired) electrons. The molecule has 1 atom stereocenters. The van der Waals surface area contributed by atoms with E-state index in [4.69, 9.17) is 4.74 Å². The lowest BCUT2D eigenvalue weighted by atomic mass is 9.76. The second kappa shape index (κ2) is 7.93. The van der Waals surface area contributed by atoms with Gasteiger partial charge in [0, 0.05) is 6.20 Å². The molecule has 24 heavy (non-hydrogen) atoms. The van der Waals surface area contributed by atoms with Gasteiger partial charge >= 0.3 is 0 Å². The molecule has 3 rings (SSSR count). The monoisotopic (exact) mass is 326 g/mol. The molecule has 5 nitrogen and oxygen atoms in total. The van der Waals surface area contributed by atoms with Crippen LogP contribution in [0.1, 0.15) is 31.0 Å². The number of para-hydroxylation sites is 1. The molecule has 1 fully saturated rings. The summed E-state index contributed by atoms with van der Waals surface area (Å²) in [4.78, 5) is 16.6. The van der Waals surface area contributed by atoms with Crippen LogP contribution in [0.15, 0.2) is 54.7 Å². The fraction of sp³-hybridized carbons (Fsp3) is 0.368. The number of carbonyl (C=O) groups excluding carboxylic acids is 1. The van der Waals surface area contributed by atoms with Gasteiger partial charge in [-0.05, 0) is 43.0 Å². The summed E-state index contributed by atoms with van der Waals surface area (Å²) in [5.74, 6) is 0.922.